The van der Waals surface area contributed by atoms with Gasteiger partial charge in [-0.25, -0.2) is 0 Å². The van der Waals surface area contributed by atoms with E-state index >= 15 is 0 Å². The number of aromatic nitrogens is 2. The van der Waals surface area contributed by atoms with Gasteiger partial charge in [0.05, 0.1) is 24.4 Å². The third-order valence-electron chi connectivity index (χ3n) is 3.64. The summed E-state index contributed by atoms with van der Waals surface area (Å²) in [6.07, 6.45) is 0.333. The first-order valence-electron chi connectivity index (χ1n) is 7.90. The second kappa shape index (κ2) is 7.42. The van der Waals surface area contributed by atoms with Gasteiger partial charge in [-0.1, -0.05) is 30.3 Å². The van der Waals surface area contributed by atoms with E-state index < -0.39 is 0 Å². The van der Waals surface area contributed by atoms with Gasteiger partial charge in [0, 0.05) is 19.1 Å². The molecule has 5 heteroatoms. The Morgan fingerprint density at radius 2 is 2.00 bits per heavy atom. The van der Waals surface area contributed by atoms with Gasteiger partial charge in [0.15, 0.2) is 0 Å². The number of hydrogen-bond donors (Lipinski definition) is 1. The van der Waals surface area contributed by atoms with Crippen LogP contribution in [0.15, 0.2) is 36.4 Å². The lowest BCUT2D eigenvalue weighted by atomic mass is 10.0. The third kappa shape index (κ3) is 4.93. The van der Waals surface area contributed by atoms with Crippen molar-refractivity contribution in [2.75, 3.05) is 6.61 Å². The van der Waals surface area contributed by atoms with Crippen LogP contribution in [0.5, 0.6) is 0 Å². The van der Waals surface area contributed by atoms with Crippen LogP contribution in [0, 0.1) is 0 Å². The molecule has 0 aliphatic rings. The Hall–Kier alpha value is -2.14. The first kappa shape index (κ1) is 17.2. The largest absolute Gasteiger partial charge is 0.466 e. The van der Waals surface area contributed by atoms with Crippen LogP contribution < -0.4 is 5.32 Å². The summed E-state index contributed by atoms with van der Waals surface area (Å²) in [4.78, 5) is 11.6. The predicted molar refractivity (Wildman–Crippen MR) is 90.8 cm³/mol. The SMILES string of the molecule is CCOC(=O)CC(C)(C)NCc1cc(-c2ccccc2)n(C)n1. The number of ether oxygens (including phenoxy) is 1. The molecule has 0 fully saturated rings. The summed E-state index contributed by atoms with van der Waals surface area (Å²) in [5, 5.41) is 7.92. The minimum Gasteiger partial charge on any atom is -0.466 e. The van der Waals surface area contributed by atoms with E-state index in [0.717, 1.165) is 17.0 Å². The molecule has 23 heavy (non-hydrogen) atoms. The van der Waals surface area contributed by atoms with E-state index in [9.17, 15) is 4.79 Å². The fraction of sp³-hybridized carbons (Fsp3) is 0.444. The van der Waals surface area contributed by atoms with Gasteiger partial charge in [-0.3, -0.25) is 9.48 Å². The van der Waals surface area contributed by atoms with Crippen molar-refractivity contribution < 1.29 is 9.53 Å². The summed E-state index contributed by atoms with van der Waals surface area (Å²) < 4.78 is 6.89. The number of carbonyl (C=O) groups is 1. The van der Waals surface area contributed by atoms with E-state index in [2.05, 4.69) is 28.6 Å². The summed E-state index contributed by atoms with van der Waals surface area (Å²) >= 11 is 0. The second-order valence-corrected chi connectivity index (χ2v) is 6.23. The zero-order valence-electron chi connectivity index (χ0n) is 14.3. The highest BCUT2D eigenvalue weighted by molar-refractivity contribution is 5.70. The highest BCUT2D eigenvalue weighted by atomic mass is 16.5. The smallest absolute Gasteiger partial charge is 0.307 e. The zero-order chi connectivity index (χ0) is 16.9. The first-order valence-corrected chi connectivity index (χ1v) is 7.90. The predicted octanol–water partition coefficient (Wildman–Crippen LogP) is 2.91. The van der Waals surface area contributed by atoms with Crippen molar-refractivity contribution in [1.29, 1.82) is 0 Å². The van der Waals surface area contributed by atoms with Crippen molar-refractivity contribution in [3.63, 3.8) is 0 Å². The van der Waals surface area contributed by atoms with Crippen molar-refractivity contribution in [3.8, 4) is 11.3 Å². The minimum atomic E-state index is -0.337. The lowest BCUT2D eigenvalue weighted by molar-refractivity contribution is -0.144. The van der Waals surface area contributed by atoms with E-state index in [1.54, 1.807) is 0 Å². The molecule has 0 bridgehead atoms. The van der Waals surface area contributed by atoms with Gasteiger partial charge >= 0.3 is 5.97 Å². The molecule has 1 N–H and O–H groups in total. The zero-order valence-corrected chi connectivity index (χ0v) is 14.3. The molecular formula is C18H25N3O2. The molecule has 2 aromatic rings. The third-order valence-corrected chi connectivity index (χ3v) is 3.64. The van der Waals surface area contributed by atoms with Gasteiger partial charge in [0.2, 0.25) is 0 Å². The molecule has 0 radical (unpaired) electrons. The minimum absolute atomic E-state index is 0.184. The monoisotopic (exact) mass is 315 g/mol. The maximum atomic E-state index is 11.6. The molecule has 0 atom stereocenters. The Bertz CT molecular complexity index is 648. The van der Waals surface area contributed by atoms with E-state index in [1.165, 1.54) is 0 Å². The number of aryl methyl sites for hydroxylation is 1. The highest BCUT2D eigenvalue weighted by Gasteiger charge is 2.22. The molecule has 1 aromatic carbocycles. The molecule has 2 rings (SSSR count). The lowest BCUT2D eigenvalue weighted by Gasteiger charge is -2.24. The number of rotatable bonds is 7. The number of carbonyl (C=O) groups excluding carboxylic acids is 1. The Morgan fingerprint density at radius 1 is 1.30 bits per heavy atom. The summed E-state index contributed by atoms with van der Waals surface area (Å²) in [5.41, 5.74) is 2.82. The first-order chi connectivity index (χ1) is 10.9. The summed E-state index contributed by atoms with van der Waals surface area (Å²) in [6.45, 7) is 6.82. The Balaban J connectivity index is 2.00. The summed E-state index contributed by atoms with van der Waals surface area (Å²) in [6, 6.07) is 12.2. The van der Waals surface area contributed by atoms with Gasteiger partial charge in [-0.15, -0.1) is 0 Å². The quantitative estimate of drug-likeness (QED) is 0.798. The highest BCUT2D eigenvalue weighted by Crippen LogP contribution is 2.20. The Morgan fingerprint density at radius 3 is 2.65 bits per heavy atom. The Labute approximate surface area is 137 Å². The average Bonchev–Trinajstić information content (AvgIpc) is 2.87. The van der Waals surface area contributed by atoms with E-state index in [-0.39, 0.29) is 11.5 Å². The van der Waals surface area contributed by atoms with Gasteiger partial charge in [0.25, 0.3) is 0 Å². The second-order valence-electron chi connectivity index (χ2n) is 6.23. The number of nitrogens with zero attached hydrogens (tertiary/aromatic N) is 2. The van der Waals surface area contributed by atoms with Crippen LogP contribution >= 0.6 is 0 Å². The summed E-state index contributed by atoms with van der Waals surface area (Å²) in [5.74, 6) is -0.184. The van der Waals surface area contributed by atoms with Crippen molar-refractivity contribution >= 4 is 5.97 Å². The topological polar surface area (TPSA) is 56.1 Å². The Kier molecular flexibility index (Phi) is 5.55. The molecular weight excluding hydrogens is 290 g/mol. The van der Waals surface area contributed by atoms with Crippen LogP contribution in [0.3, 0.4) is 0 Å². The van der Waals surface area contributed by atoms with Gasteiger partial charge in [-0.2, -0.15) is 5.10 Å². The van der Waals surface area contributed by atoms with Gasteiger partial charge in [-0.05, 0) is 32.4 Å². The molecule has 124 valence electrons. The fourth-order valence-electron chi connectivity index (χ4n) is 2.46. The number of benzene rings is 1. The number of hydrogen-bond acceptors (Lipinski definition) is 4. The van der Waals surface area contributed by atoms with Gasteiger partial charge < -0.3 is 10.1 Å². The van der Waals surface area contributed by atoms with Crippen LogP contribution in [0.25, 0.3) is 11.3 Å². The van der Waals surface area contributed by atoms with E-state index in [0.29, 0.717) is 19.6 Å². The van der Waals surface area contributed by atoms with E-state index in [1.807, 2.05) is 50.7 Å². The van der Waals surface area contributed by atoms with E-state index in [4.69, 9.17) is 4.74 Å². The molecule has 0 saturated carbocycles. The normalized spacial score (nSPS) is 11.5. The lowest BCUT2D eigenvalue weighted by Crippen LogP contribution is -2.41. The number of esters is 1. The maximum Gasteiger partial charge on any atom is 0.307 e. The van der Waals surface area contributed by atoms with Crippen LogP contribution in [0.2, 0.25) is 0 Å². The molecule has 1 heterocycles. The fourth-order valence-corrected chi connectivity index (χ4v) is 2.46. The standard InChI is InChI=1S/C18H25N3O2/c1-5-23-17(22)12-18(2,3)19-13-15-11-16(21(4)20-15)14-9-7-6-8-10-14/h6-11,19H,5,12-13H2,1-4H3. The maximum absolute atomic E-state index is 11.6. The molecule has 5 nitrogen and oxygen atoms in total. The van der Waals surface area contributed by atoms with Crippen molar-refractivity contribution in [2.24, 2.45) is 7.05 Å². The van der Waals surface area contributed by atoms with Crippen molar-refractivity contribution in [2.45, 2.75) is 39.3 Å². The summed E-state index contributed by atoms with van der Waals surface area (Å²) in [7, 11) is 1.94. The van der Waals surface area contributed by atoms with Crippen molar-refractivity contribution in [1.82, 2.24) is 15.1 Å². The van der Waals surface area contributed by atoms with Crippen LogP contribution in [0.4, 0.5) is 0 Å². The molecule has 0 spiro atoms. The number of nitrogens with one attached hydrogen (secondary N) is 1. The van der Waals surface area contributed by atoms with Crippen LogP contribution in [-0.2, 0) is 23.1 Å². The molecule has 1 aromatic heterocycles. The van der Waals surface area contributed by atoms with Crippen LogP contribution in [0.1, 0.15) is 32.9 Å². The molecule has 0 saturated heterocycles. The molecule has 0 unspecified atom stereocenters. The molecule has 0 aliphatic heterocycles. The molecule has 0 amide bonds. The average molecular weight is 315 g/mol. The van der Waals surface area contributed by atoms with Crippen molar-refractivity contribution in [3.05, 3.63) is 42.1 Å². The van der Waals surface area contributed by atoms with Crippen LogP contribution in [-0.4, -0.2) is 27.9 Å². The van der Waals surface area contributed by atoms with Gasteiger partial charge in [0.1, 0.15) is 0 Å². The molecule has 0 aliphatic carbocycles.